The van der Waals surface area contributed by atoms with Gasteiger partial charge < -0.3 is 19.7 Å². The Morgan fingerprint density at radius 3 is 2.76 bits per heavy atom. The molecule has 0 aliphatic carbocycles. The lowest BCUT2D eigenvalue weighted by Gasteiger charge is -2.35. The SMILES string of the molecule is CCN1Cc2ccc(OC)cc2CC1C(=O)Nc1ccc(-c2cn[nH]c2)cc1OCCN(C)C. The van der Waals surface area contributed by atoms with Gasteiger partial charge in [0.05, 0.1) is 25.0 Å². The molecule has 1 aliphatic heterocycles. The van der Waals surface area contributed by atoms with Gasteiger partial charge in [0.2, 0.25) is 5.91 Å². The summed E-state index contributed by atoms with van der Waals surface area (Å²) in [4.78, 5) is 17.8. The second-order valence-electron chi connectivity index (χ2n) is 8.76. The highest BCUT2D eigenvalue weighted by Gasteiger charge is 2.31. The van der Waals surface area contributed by atoms with Crippen LogP contribution in [0.1, 0.15) is 18.1 Å². The van der Waals surface area contributed by atoms with Crippen molar-refractivity contribution in [1.29, 1.82) is 0 Å². The Morgan fingerprint density at radius 1 is 1.21 bits per heavy atom. The van der Waals surface area contributed by atoms with Crippen molar-refractivity contribution in [3.63, 3.8) is 0 Å². The Kier molecular flexibility index (Phi) is 7.49. The number of fused-ring (bicyclic) bond motifs is 1. The summed E-state index contributed by atoms with van der Waals surface area (Å²) >= 11 is 0. The van der Waals surface area contributed by atoms with E-state index in [9.17, 15) is 4.79 Å². The molecular weight excluding hydrogens is 430 g/mol. The number of nitrogens with zero attached hydrogens (tertiary/aromatic N) is 3. The average molecular weight is 464 g/mol. The Labute approximate surface area is 200 Å². The molecular formula is C26H33N5O3. The molecule has 2 heterocycles. The fraction of sp³-hybridized carbons (Fsp3) is 0.385. The third-order valence-electron chi connectivity index (χ3n) is 6.22. The molecule has 0 radical (unpaired) electrons. The molecule has 180 valence electrons. The van der Waals surface area contributed by atoms with Gasteiger partial charge in [-0.2, -0.15) is 5.10 Å². The van der Waals surface area contributed by atoms with Gasteiger partial charge in [-0.15, -0.1) is 0 Å². The van der Waals surface area contributed by atoms with Crippen LogP contribution < -0.4 is 14.8 Å². The van der Waals surface area contributed by atoms with Crippen LogP contribution >= 0.6 is 0 Å². The van der Waals surface area contributed by atoms with Crippen LogP contribution in [0.5, 0.6) is 11.5 Å². The first-order valence-corrected chi connectivity index (χ1v) is 11.6. The van der Waals surface area contributed by atoms with Crippen LogP contribution in [0.15, 0.2) is 48.8 Å². The van der Waals surface area contributed by atoms with Gasteiger partial charge in [-0.1, -0.05) is 19.1 Å². The number of likely N-dealkylation sites (N-methyl/N-ethyl adjacent to an activating group) is 2. The van der Waals surface area contributed by atoms with Crippen molar-refractivity contribution in [1.82, 2.24) is 20.0 Å². The molecule has 2 aromatic carbocycles. The van der Waals surface area contributed by atoms with Crippen LogP contribution in [0.2, 0.25) is 0 Å². The first-order valence-electron chi connectivity index (χ1n) is 11.6. The summed E-state index contributed by atoms with van der Waals surface area (Å²) in [6.45, 7) is 4.90. The number of aromatic nitrogens is 2. The minimum absolute atomic E-state index is 0.0381. The number of ether oxygens (including phenoxy) is 2. The van der Waals surface area contributed by atoms with Crippen LogP contribution in [-0.4, -0.2) is 72.8 Å². The number of aromatic amines is 1. The summed E-state index contributed by atoms with van der Waals surface area (Å²) in [6, 6.07) is 11.7. The van der Waals surface area contributed by atoms with E-state index < -0.39 is 0 Å². The summed E-state index contributed by atoms with van der Waals surface area (Å²) in [5.41, 5.74) is 5.00. The fourth-order valence-corrected chi connectivity index (χ4v) is 4.22. The highest BCUT2D eigenvalue weighted by atomic mass is 16.5. The monoisotopic (exact) mass is 463 g/mol. The van der Waals surface area contributed by atoms with Gasteiger partial charge in [0.25, 0.3) is 0 Å². The number of H-pyrrole nitrogens is 1. The third kappa shape index (κ3) is 5.40. The van der Waals surface area contributed by atoms with E-state index >= 15 is 0 Å². The molecule has 0 fully saturated rings. The van der Waals surface area contributed by atoms with E-state index in [1.807, 2.05) is 50.6 Å². The Hall–Kier alpha value is -3.36. The molecule has 3 aromatic rings. The summed E-state index contributed by atoms with van der Waals surface area (Å²) in [6.07, 6.45) is 4.24. The van der Waals surface area contributed by atoms with E-state index in [2.05, 4.69) is 38.3 Å². The lowest BCUT2D eigenvalue weighted by molar-refractivity contribution is -0.121. The summed E-state index contributed by atoms with van der Waals surface area (Å²) < 4.78 is 11.5. The predicted molar refractivity (Wildman–Crippen MR) is 133 cm³/mol. The topological polar surface area (TPSA) is 82.7 Å². The zero-order valence-corrected chi connectivity index (χ0v) is 20.3. The van der Waals surface area contributed by atoms with Crippen molar-refractivity contribution in [3.05, 3.63) is 59.9 Å². The van der Waals surface area contributed by atoms with E-state index in [1.54, 1.807) is 13.3 Å². The molecule has 1 aromatic heterocycles. The van der Waals surface area contributed by atoms with Gasteiger partial charge in [-0.3, -0.25) is 14.8 Å². The quantitative estimate of drug-likeness (QED) is 0.506. The van der Waals surface area contributed by atoms with Crippen LogP contribution in [-0.2, 0) is 17.8 Å². The largest absolute Gasteiger partial charge is 0.497 e. The molecule has 1 amide bonds. The zero-order chi connectivity index (χ0) is 24.1. The van der Waals surface area contributed by atoms with Crippen LogP contribution in [0, 0.1) is 0 Å². The molecule has 0 saturated heterocycles. The van der Waals surface area contributed by atoms with Crippen molar-refractivity contribution in [2.24, 2.45) is 0 Å². The number of benzene rings is 2. The third-order valence-corrected chi connectivity index (χ3v) is 6.22. The highest BCUT2D eigenvalue weighted by Crippen LogP contribution is 2.32. The smallest absolute Gasteiger partial charge is 0.242 e. The standard InChI is InChI=1S/C26H33N5O3/c1-5-31-17-19-6-8-22(33-4)12-20(19)13-24(31)26(32)29-23-9-7-18(21-15-27-28-16-21)14-25(23)34-11-10-30(2)3/h6-9,12,14-16,24H,5,10-11,13,17H2,1-4H3,(H,27,28)(H,29,32). The van der Waals surface area contributed by atoms with Gasteiger partial charge in [-0.25, -0.2) is 0 Å². The Bertz CT molecular complexity index is 1110. The first-order chi connectivity index (χ1) is 16.5. The van der Waals surface area contributed by atoms with Crippen molar-refractivity contribution >= 4 is 11.6 Å². The number of methoxy groups -OCH3 is 1. The van der Waals surface area contributed by atoms with Gasteiger partial charge in [0, 0.05) is 24.8 Å². The number of carbonyl (C=O) groups excluding carboxylic acids is 1. The first kappa shape index (κ1) is 23.8. The molecule has 2 N–H and O–H groups in total. The van der Waals surface area contributed by atoms with E-state index in [1.165, 1.54) is 5.56 Å². The predicted octanol–water partition coefficient (Wildman–Crippen LogP) is 3.41. The fourth-order valence-electron chi connectivity index (χ4n) is 4.22. The number of carbonyl (C=O) groups is 1. The average Bonchev–Trinajstić information content (AvgIpc) is 3.38. The summed E-state index contributed by atoms with van der Waals surface area (Å²) in [5, 5.41) is 10.0. The van der Waals surface area contributed by atoms with Gasteiger partial charge >= 0.3 is 0 Å². The van der Waals surface area contributed by atoms with E-state index in [-0.39, 0.29) is 11.9 Å². The number of rotatable bonds is 9. The van der Waals surface area contributed by atoms with Crippen molar-refractivity contribution in [2.45, 2.75) is 25.9 Å². The lowest BCUT2D eigenvalue weighted by Crippen LogP contribution is -2.47. The van der Waals surface area contributed by atoms with E-state index in [0.29, 0.717) is 24.5 Å². The van der Waals surface area contributed by atoms with Crippen molar-refractivity contribution < 1.29 is 14.3 Å². The molecule has 8 heteroatoms. The number of anilines is 1. The maximum Gasteiger partial charge on any atom is 0.242 e. The normalized spacial score (nSPS) is 15.7. The zero-order valence-electron chi connectivity index (χ0n) is 20.3. The summed E-state index contributed by atoms with van der Waals surface area (Å²) in [5.74, 6) is 1.42. The summed E-state index contributed by atoms with van der Waals surface area (Å²) in [7, 11) is 5.67. The minimum Gasteiger partial charge on any atom is -0.497 e. The maximum absolute atomic E-state index is 13.5. The molecule has 1 aliphatic rings. The molecule has 4 rings (SSSR count). The van der Waals surface area contributed by atoms with Crippen LogP contribution in [0.3, 0.4) is 0 Å². The van der Waals surface area contributed by atoms with Gasteiger partial charge in [0.15, 0.2) is 0 Å². The minimum atomic E-state index is -0.271. The number of nitrogens with one attached hydrogen (secondary N) is 2. The van der Waals surface area contributed by atoms with Crippen LogP contribution in [0.4, 0.5) is 5.69 Å². The van der Waals surface area contributed by atoms with Crippen molar-refractivity contribution in [2.75, 3.05) is 46.2 Å². The number of hydrogen-bond donors (Lipinski definition) is 2. The second-order valence-corrected chi connectivity index (χ2v) is 8.76. The second kappa shape index (κ2) is 10.7. The number of amides is 1. The highest BCUT2D eigenvalue weighted by molar-refractivity contribution is 5.97. The molecule has 8 nitrogen and oxygen atoms in total. The molecule has 0 spiro atoms. The van der Waals surface area contributed by atoms with Crippen molar-refractivity contribution in [3.8, 4) is 22.6 Å². The molecule has 0 saturated carbocycles. The van der Waals surface area contributed by atoms with Gasteiger partial charge in [0.1, 0.15) is 18.1 Å². The molecule has 0 bridgehead atoms. The molecule has 1 atom stereocenters. The lowest BCUT2D eigenvalue weighted by atomic mass is 9.93. The van der Waals surface area contributed by atoms with E-state index in [4.69, 9.17) is 9.47 Å². The number of hydrogen-bond acceptors (Lipinski definition) is 6. The van der Waals surface area contributed by atoms with Crippen LogP contribution in [0.25, 0.3) is 11.1 Å². The maximum atomic E-state index is 13.5. The Balaban J connectivity index is 1.56. The van der Waals surface area contributed by atoms with E-state index in [0.717, 1.165) is 42.1 Å². The molecule has 34 heavy (non-hydrogen) atoms. The molecule has 1 unspecified atom stereocenters. The Morgan fingerprint density at radius 2 is 2.06 bits per heavy atom. The van der Waals surface area contributed by atoms with Gasteiger partial charge in [-0.05, 0) is 68.0 Å².